The number of nitrogens with zero attached hydrogens (tertiary/aromatic N) is 4. The fraction of sp³-hybridized carbons (Fsp3) is 0.462. The molecule has 2 N–H and O–H groups in total. The third-order valence-electron chi connectivity index (χ3n) is 3.03. The van der Waals surface area contributed by atoms with Crippen molar-refractivity contribution < 1.29 is 0 Å². The van der Waals surface area contributed by atoms with Gasteiger partial charge in [0.25, 0.3) is 0 Å². The Labute approximate surface area is 107 Å². The first-order chi connectivity index (χ1) is 8.56. The molecule has 0 bridgehead atoms. The van der Waals surface area contributed by atoms with Crippen LogP contribution in [0.1, 0.15) is 36.6 Å². The molecule has 2 heterocycles. The molecule has 0 aliphatic heterocycles. The highest BCUT2D eigenvalue weighted by atomic mass is 15.3. The average Bonchev–Trinajstić information content (AvgIpc) is 2.76. The van der Waals surface area contributed by atoms with Gasteiger partial charge in [-0.1, -0.05) is 13.8 Å². The van der Waals surface area contributed by atoms with Crippen molar-refractivity contribution in [1.29, 1.82) is 0 Å². The number of anilines is 1. The maximum absolute atomic E-state index is 5.90. The number of hydrogen-bond donors (Lipinski definition) is 1. The van der Waals surface area contributed by atoms with Gasteiger partial charge in [-0.3, -0.25) is 0 Å². The van der Waals surface area contributed by atoms with Crippen LogP contribution in [0.5, 0.6) is 0 Å². The van der Waals surface area contributed by atoms with E-state index in [1.807, 2.05) is 18.5 Å². The maximum Gasteiger partial charge on any atom is 0.162 e. The fourth-order valence-corrected chi connectivity index (χ4v) is 1.92. The second kappa shape index (κ2) is 4.76. The molecule has 0 fully saturated rings. The van der Waals surface area contributed by atoms with Gasteiger partial charge in [-0.25, -0.2) is 14.6 Å². The van der Waals surface area contributed by atoms with Crippen LogP contribution in [-0.4, -0.2) is 19.7 Å². The first kappa shape index (κ1) is 12.5. The Balaban J connectivity index is 2.64. The first-order valence-electron chi connectivity index (χ1n) is 6.25. The Hall–Kier alpha value is -1.91. The highest BCUT2D eigenvalue weighted by Crippen LogP contribution is 2.19. The molecule has 5 heteroatoms. The molecule has 0 aliphatic rings. The lowest BCUT2D eigenvalue weighted by molar-refractivity contribution is 0.757. The number of aromatic nitrogens is 4. The molecule has 2 rings (SSSR count). The summed E-state index contributed by atoms with van der Waals surface area (Å²) >= 11 is 0. The SMILES string of the molecule is CCc1cc(CC)n(-c2nc(C)nc(N)c2C)n1. The van der Waals surface area contributed by atoms with Crippen molar-refractivity contribution in [3.05, 3.63) is 28.8 Å². The van der Waals surface area contributed by atoms with E-state index in [2.05, 4.69) is 35.0 Å². The minimum Gasteiger partial charge on any atom is -0.383 e. The zero-order chi connectivity index (χ0) is 13.3. The van der Waals surface area contributed by atoms with E-state index in [4.69, 9.17) is 5.73 Å². The van der Waals surface area contributed by atoms with E-state index in [1.54, 1.807) is 0 Å². The summed E-state index contributed by atoms with van der Waals surface area (Å²) in [6.07, 6.45) is 1.83. The number of nitrogen functional groups attached to an aromatic ring is 1. The Morgan fingerprint density at radius 3 is 2.50 bits per heavy atom. The van der Waals surface area contributed by atoms with Gasteiger partial charge in [0.2, 0.25) is 0 Å². The van der Waals surface area contributed by atoms with Crippen molar-refractivity contribution in [2.75, 3.05) is 5.73 Å². The molecule has 18 heavy (non-hydrogen) atoms. The molecule has 5 nitrogen and oxygen atoms in total. The van der Waals surface area contributed by atoms with Crippen LogP contribution in [0.4, 0.5) is 5.82 Å². The predicted molar refractivity (Wildman–Crippen MR) is 71.8 cm³/mol. The van der Waals surface area contributed by atoms with Gasteiger partial charge in [-0.05, 0) is 32.8 Å². The van der Waals surface area contributed by atoms with Crippen molar-refractivity contribution in [3.8, 4) is 5.82 Å². The van der Waals surface area contributed by atoms with Gasteiger partial charge in [-0.15, -0.1) is 0 Å². The molecule has 0 saturated carbocycles. The zero-order valence-corrected chi connectivity index (χ0v) is 11.4. The van der Waals surface area contributed by atoms with Crippen LogP contribution < -0.4 is 5.73 Å². The van der Waals surface area contributed by atoms with Crippen molar-refractivity contribution in [2.24, 2.45) is 0 Å². The van der Waals surface area contributed by atoms with E-state index in [1.165, 1.54) is 0 Å². The molecule has 0 spiro atoms. The van der Waals surface area contributed by atoms with Crippen LogP contribution in [-0.2, 0) is 12.8 Å². The Kier molecular flexibility index (Phi) is 3.32. The van der Waals surface area contributed by atoms with E-state index in [0.717, 1.165) is 35.6 Å². The summed E-state index contributed by atoms with van der Waals surface area (Å²) in [5.74, 6) is 1.98. The molecule has 2 aromatic heterocycles. The third kappa shape index (κ3) is 2.08. The van der Waals surface area contributed by atoms with Crippen LogP contribution in [0.25, 0.3) is 5.82 Å². The van der Waals surface area contributed by atoms with Gasteiger partial charge in [0.1, 0.15) is 11.6 Å². The number of aryl methyl sites for hydroxylation is 3. The van der Waals surface area contributed by atoms with E-state index in [9.17, 15) is 0 Å². The van der Waals surface area contributed by atoms with E-state index in [0.29, 0.717) is 11.6 Å². The highest BCUT2D eigenvalue weighted by Gasteiger charge is 2.13. The molecular formula is C13H19N5. The van der Waals surface area contributed by atoms with Crippen molar-refractivity contribution in [1.82, 2.24) is 19.7 Å². The van der Waals surface area contributed by atoms with Crippen LogP contribution >= 0.6 is 0 Å². The molecule has 2 aromatic rings. The largest absolute Gasteiger partial charge is 0.383 e. The predicted octanol–water partition coefficient (Wildman–Crippen LogP) is 1.99. The molecule has 0 radical (unpaired) electrons. The second-order valence-electron chi connectivity index (χ2n) is 4.35. The first-order valence-corrected chi connectivity index (χ1v) is 6.25. The topological polar surface area (TPSA) is 69.6 Å². The van der Waals surface area contributed by atoms with Crippen molar-refractivity contribution in [2.45, 2.75) is 40.5 Å². The molecular weight excluding hydrogens is 226 g/mol. The van der Waals surface area contributed by atoms with E-state index in [-0.39, 0.29) is 0 Å². The summed E-state index contributed by atoms with van der Waals surface area (Å²) < 4.78 is 1.89. The van der Waals surface area contributed by atoms with Gasteiger partial charge >= 0.3 is 0 Å². The summed E-state index contributed by atoms with van der Waals surface area (Å²) in [6.45, 7) is 7.98. The minimum atomic E-state index is 0.521. The lowest BCUT2D eigenvalue weighted by atomic mass is 10.2. The molecule has 0 aliphatic carbocycles. The number of nitrogens with two attached hydrogens (primary N) is 1. The third-order valence-corrected chi connectivity index (χ3v) is 3.03. The summed E-state index contributed by atoms with van der Waals surface area (Å²) in [7, 11) is 0. The molecule has 0 atom stereocenters. The molecule has 0 unspecified atom stereocenters. The summed E-state index contributed by atoms with van der Waals surface area (Å²) in [5.41, 5.74) is 8.99. The smallest absolute Gasteiger partial charge is 0.162 e. The Morgan fingerprint density at radius 1 is 1.17 bits per heavy atom. The van der Waals surface area contributed by atoms with Crippen molar-refractivity contribution >= 4 is 5.82 Å². The Morgan fingerprint density at radius 2 is 1.89 bits per heavy atom. The average molecular weight is 245 g/mol. The van der Waals surface area contributed by atoms with Gasteiger partial charge in [0, 0.05) is 11.3 Å². The van der Waals surface area contributed by atoms with Gasteiger partial charge in [-0.2, -0.15) is 5.10 Å². The van der Waals surface area contributed by atoms with Crippen LogP contribution in [0, 0.1) is 13.8 Å². The van der Waals surface area contributed by atoms with Crippen LogP contribution in [0.15, 0.2) is 6.07 Å². The summed E-state index contributed by atoms with van der Waals surface area (Å²) in [4.78, 5) is 8.64. The molecule has 0 saturated heterocycles. The maximum atomic E-state index is 5.90. The summed E-state index contributed by atoms with van der Waals surface area (Å²) in [6, 6.07) is 2.12. The number of hydrogen-bond acceptors (Lipinski definition) is 4. The molecule has 96 valence electrons. The zero-order valence-electron chi connectivity index (χ0n) is 11.4. The van der Waals surface area contributed by atoms with Gasteiger partial charge < -0.3 is 5.73 Å². The molecule has 0 amide bonds. The standard InChI is InChI=1S/C13H19N5/c1-5-10-7-11(6-2)18(17-10)13-8(3)12(14)15-9(4)16-13/h7H,5-6H2,1-4H3,(H2,14,15,16). The lowest BCUT2D eigenvalue weighted by Crippen LogP contribution is -2.11. The fourth-order valence-electron chi connectivity index (χ4n) is 1.92. The van der Waals surface area contributed by atoms with Crippen molar-refractivity contribution in [3.63, 3.8) is 0 Å². The number of rotatable bonds is 3. The normalized spacial score (nSPS) is 10.9. The van der Waals surface area contributed by atoms with Gasteiger partial charge in [0.05, 0.1) is 5.69 Å². The summed E-state index contributed by atoms with van der Waals surface area (Å²) in [5, 5.41) is 4.58. The molecule has 0 aromatic carbocycles. The monoisotopic (exact) mass is 245 g/mol. The second-order valence-corrected chi connectivity index (χ2v) is 4.35. The van der Waals surface area contributed by atoms with Crippen LogP contribution in [0.2, 0.25) is 0 Å². The Bertz CT molecular complexity index is 571. The lowest BCUT2D eigenvalue weighted by Gasteiger charge is -2.10. The van der Waals surface area contributed by atoms with E-state index >= 15 is 0 Å². The quantitative estimate of drug-likeness (QED) is 0.897. The van der Waals surface area contributed by atoms with Crippen LogP contribution in [0.3, 0.4) is 0 Å². The van der Waals surface area contributed by atoms with E-state index < -0.39 is 0 Å². The highest BCUT2D eigenvalue weighted by molar-refractivity contribution is 5.48. The minimum absolute atomic E-state index is 0.521. The van der Waals surface area contributed by atoms with Gasteiger partial charge in [0.15, 0.2) is 5.82 Å².